The van der Waals surface area contributed by atoms with Crippen LogP contribution in [0.5, 0.6) is 0 Å². The van der Waals surface area contributed by atoms with Gasteiger partial charge >= 0.3 is 0 Å². The number of hydrogen-bond acceptors (Lipinski definition) is 3. The van der Waals surface area contributed by atoms with E-state index in [2.05, 4.69) is 29.1 Å². The number of thioether (sulfide) groups is 1. The molecule has 0 aliphatic carbocycles. The van der Waals surface area contributed by atoms with Crippen LogP contribution < -0.4 is 5.32 Å². The molecule has 1 nitrogen and oxygen atoms in total. The minimum absolute atomic E-state index is 0.180. The smallest absolute Gasteiger partial charge is 0.123 e. The Morgan fingerprint density at radius 1 is 1.28 bits per heavy atom. The van der Waals surface area contributed by atoms with E-state index in [0.29, 0.717) is 6.04 Å². The summed E-state index contributed by atoms with van der Waals surface area (Å²) in [4.78, 5) is 1.11. The number of benzene rings is 1. The maximum absolute atomic E-state index is 12.8. The van der Waals surface area contributed by atoms with Gasteiger partial charge in [-0.05, 0) is 53.2 Å². The van der Waals surface area contributed by atoms with E-state index < -0.39 is 0 Å². The van der Waals surface area contributed by atoms with Crippen LogP contribution in [0.3, 0.4) is 0 Å². The highest BCUT2D eigenvalue weighted by atomic mass is 32.2. The lowest BCUT2D eigenvalue weighted by Crippen LogP contribution is -2.22. The molecule has 0 saturated heterocycles. The van der Waals surface area contributed by atoms with Gasteiger partial charge in [-0.3, -0.25) is 0 Å². The average Bonchev–Trinajstić information content (AvgIpc) is 2.90. The molecule has 1 heterocycles. The zero-order valence-electron chi connectivity index (χ0n) is 10.2. The van der Waals surface area contributed by atoms with Crippen molar-refractivity contribution in [1.29, 1.82) is 0 Å². The Morgan fingerprint density at radius 2 is 2.06 bits per heavy atom. The first kappa shape index (κ1) is 13.6. The zero-order chi connectivity index (χ0) is 12.8. The van der Waals surface area contributed by atoms with Crippen LogP contribution in [0.1, 0.15) is 18.5 Å². The summed E-state index contributed by atoms with van der Waals surface area (Å²) in [5.41, 5.74) is 1.33. The summed E-state index contributed by atoms with van der Waals surface area (Å²) in [6.45, 7) is 3.06. The third kappa shape index (κ3) is 3.83. The summed E-state index contributed by atoms with van der Waals surface area (Å²) in [7, 11) is 0. The molecule has 0 saturated carbocycles. The molecule has 4 heteroatoms. The van der Waals surface area contributed by atoms with E-state index >= 15 is 0 Å². The van der Waals surface area contributed by atoms with E-state index in [0.717, 1.165) is 17.2 Å². The quantitative estimate of drug-likeness (QED) is 0.791. The number of halogens is 1. The molecule has 1 unspecified atom stereocenters. The van der Waals surface area contributed by atoms with E-state index in [4.69, 9.17) is 0 Å². The largest absolute Gasteiger partial charge is 0.309 e. The molecule has 0 spiro atoms. The average molecular weight is 281 g/mol. The van der Waals surface area contributed by atoms with E-state index in [1.807, 2.05) is 12.1 Å². The third-order valence-corrected chi connectivity index (χ3v) is 4.43. The fourth-order valence-corrected chi connectivity index (χ4v) is 3.42. The summed E-state index contributed by atoms with van der Waals surface area (Å²) in [5.74, 6) is 0.774. The minimum atomic E-state index is -0.180. The van der Waals surface area contributed by atoms with Crippen LogP contribution in [0.25, 0.3) is 0 Å². The van der Waals surface area contributed by atoms with Crippen LogP contribution in [0.15, 0.2) is 46.0 Å². The van der Waals surface area contributed by atoms with Gasteiger partial charge in [0.25, 0.3) is 0 Å². The Labute approximate surface area is 115 Å². The zero-order valence-corrected chi connectivity index (χ0v) is 11.9. The SMILES string of the molecule is CCNC(CSc1ccc(F)cc1)c1ccsc1. The number of thiophene rings is 1. The first-order chi connectivity index (χ1) is 8.79. The lowest BCUT2D eigenvalue weighted by Gasteiger charge is -2.16. The van der Waals surface area contributed by atoms with Gasteiger partial charge in [-0.15, -0.1) is 11.8 Å². The summed E-state index contributed by atoms with van der Waals surface area (Å²) in [5, 5.41) is 7.76. The predicted octanol–water partition coefficient (Wildman–Crippen LogP) is 4.33. The third-order valence-electron chi connectivity index (χ3n) is 2.63. The van der Waals surface area contributed by atoms with Crippen LogP contribution >= 0.6 is 23.1 Å². The van der Waals surface area contributed by atoms with Crippen molar-refractivity contribution >= 4 is 23.1 Å². The number of hydrogen-bond donors (Lipinski definition) is 1. The van der Waals surface area contributed by atoms with E-state index in [1.165, 1.54) is 17.7 Å². The number of rotatable bonds is 6. The molecular formula is C14H16FNS2. The van der Waals surface area contributed by atoms with Gasteiger partial charge in [0, 0.05) is 16.7 Å². The van der Waals surface area contributed by atoms with Crippen molar-refractivity contribution in [3.05, 3.63) is 52.5 Å². The molecule has 1 aromatic carbocycles. The maximum Gasteiger partial charge on any atom is 0.123 e. The highest BCUT2D eigenvalue weighted by Gasteiger charge is 2.11. The van der Waals surface area contributed by atoms with Gasteiger partial charge in [-0.2, -0.15) is 11.3 Å². The van der Waals surface area contributed by atoms with Gasteiger partial charge in [0.1, 0.15) is 5.82 Å². The van der Waals surface area contributed by atoms with Crippen LogP contribution in [-0.2, 0) is 0 Å². The highest BCUT2D eigenvalue weighted by molar-refractivity contribution is 7.99. The molecule has 0 amide bonds. The Kier molecular flexibility index (Phi) is 5.23. The van der Waals surface area contributed by atoms with Crippen LogP contribution in [-0.4, -0.2) is 12.3 Å². The van der Waals surface area contributed by atoms with Crippen LogP contribution in [0.2, 0.25) is 0 Å². The summed E-state index contributed by atoms with van der Waals surface area (Å²) >= 11 is 3.47. The lowest BCUT2D eigenvalue weighted by molar-refractivity contribution is 0.607. The van der Waals surface area contributed by atoms with Crippen molar-refractivity contribution in [1.82, 2.24) is 5.32 Å². The Hall–Kier alpha value is -0.840. The molecule has 0 aliphatic heterocycles. The molecule has 1 N–H and O–H groups in total. The van der Waals surface area contributed by atoms with Gasteiger partial charge in [0.15, 0.2) is 0 Å². The van der Waals surface area contributed by atoms with E-state index in [1.54, 1.807) is 23.1 Å². The van der Waals surface area contributed by atoms with Gasteiger partial charge < -0.3 is 5.32 Å². The van der Waals surface area contributed by atoms with Crippen LogP contribution in [0.4, 0.5) is 4.39 Å². The van der Waals surface area contributed by atoms with Crippen molar-refractivity contribution in [2.24, 2.45) is 0 Å². The molecule has 0 radical (unpaired) electrons. The normalized spacial score (nSPS) is 12.6. The fourth-order valence-electron chi connectivity index (χ4n) is 1.70. The van der Waals surface area contributed by atoms with Crippen molar-refractivity contribution in [3.8, 4) is 0 Å². The minimum Gasteiger partial charge on any atom is -0.309 e. The van der Waals surface area contributed by atoms with E-state index in [-0.39, 0.29) is 5.82 Å². The predicted molar refractivity (Wildman–Crippen MR) is 77.9 cm³/mol. The van der Waals surface area contributed by atoms with Crippen molar-refractivity contribution in [2.75, 3.05) is 12.3 Å². The molecule has 2 rings (SSSR count). The Bertz CT molecular complexity index is 453. The van der Waals surface area contributed by atoms with Gasteiger partial charge in [0.05, 0.1) is 0 Å². The molecule has 96 valence electrons. The molecule has 0 aliphatic rings. The topological polar surface area (TPSA) is 12.0 Å². The van der Waals surface area contributed by atoms with Gasteiger partial charge in [-0.25, -0.2) is 4.39 Å². The molecule has 18 heavy (non-hydrogen) atoms. The van der Waals surface area contributed by atoms with Gasteiger partial charge in [-0.1, -0.05) is 6.92 Å². The summed E-state index contributed by atoms with van der Waals surface area (Å²) in [6, 6.07) is 9.19. The molecule has 1 aromatic heterocycles. The van der Waals surface area contributed by atoms with E-state index in [9.17, 15) is 4.39 Å². The first-order valence-corrected chi connectivity index (χ1v) is 7.86. The van der Waals surface area contributed by atoms with Crippen molar-refractivity contribution < 1.29 is 4.39 Å². The Morgan fingerprint density at radius 3 is 2.67 bits per heavy atom. The molecule has 0 bridgehead atoms. The first-order valence-electron chi connectivity index (χ1n) is 5.93. The summed E-state index contributed by atoms with van der Waals surface area (Å²) in [6.07, 6.45) is 0. The molecule has 0 fully saturated rings. The second-order valence-electron chi connectivity index (χ2n) is 3.93. The monoisotopic (exact) mass is 281 g/mol. The van der Waals surface area contributed by atoms with Gasteiger partial charge in [0.2, 0.25) is 0 Å². The second-order valence-corrected chi connectivity index (χ2v) is 5.81. The standard InChI is InChI=1S/C14H16FNS2/c1-2-16-14(11-7-8-17-9-11)10-18-13-5-3-12(15)4-6-13/h3-9,14,16H,2,10H2,1H3. The van der Waals surface area contributed by atoms with Crippen molar-refractivity contribution in [3.63, 3.8) is 0 Å². The Balaban J connectivity index is 1.95. The van der Waals surface area contributed by atoms with Crippen molar-refractivity contribution in [2.45, 2.75) is 17.9 Å². The molecule has 2 aromatic rings. The fraction of sp³-hybridized carbons (Fsp3) is 0.286. The maximum atomic E-state index is 12.8. The lowest BCUT2D eigenvalue weighted by atomic mass is 10.2. The van der Waals surface area contributed by atoms with Crippen LogP contribution in [0, 0.1) is 5.82 Å². The number of nitrogens with one attached hydrogen (secondary N) is 1. The second kappa shape index (κ2) is 6.92. The molecule has 1 atom stereocenters. The summed E-state index contributed by atoms with van der Waals surface area (Å²) < 4.78 is 12.8. The molecular weight excluding hydrogens is 265 g/mol. The highest BCUT2D eigenvalue weighted by Crippen LogP contribution is 2.26.